The molecule has 1 unspecified atom stereocenters. The van der Waals surface area contributed by atoms with Crippen LogP contribution in [0.1, 0.15) is 27.7 Å². The van der Waals surface area contributed by atoms with E-state index in [9.17, 15) is 9.90 Å². The smallest absolute Gasteiger partial charge is 0.411 e. The number of carbonyl (C=O) groups is 1. The lowest BCUT2D eigenvalue weighted by Gasteiger charge is -2.27. The molecule has 1 aromatic carbocycles. The fourth-order valence-electron chi connectivity index (χ4n) is 1.36. The van der Waals surface area contributed by atoms with Crippen LogP contribution in [0.25, 0.3) is 0 Å². The van der Waals surface area contributed by atoms with Gasteiger partial charge < -0.3 is 15.2 Å². The first-order valence-electron chi connectivity index (χ1n) is 6.35. The molecule has 0 aliphatic carbocycles. The molecule has 0 bridgehead atoms. The summed E-state index contributed by atoms with van der Waals surface area (Å²) in [5.74, 6) is 0. The first-order chi connectivity index (χ1) is 8.82. The normalized spacial score (nSPS) is 12.7. The van der Waals surface area contributed by atoms with E-state index in [1.807, 2.05) is 19.1 Å². The summed E-state index contributed by atoms with van der Waals surface area (Å²) >= 11 is 0. The quantitative estimate of drug-likeness (QED) is 0.766. The molecule has 0 saturated carbocycles. The average molecular weight is 266 g/mol. The molecular weight excluding hydrogens is 244 g/mol. The van der Waals surface area contributed by atoms with Gasteiger partial charge in [0.1, 0.15) is 0 Å². The Morgan fingerprint density at radius 1 is 1.32 bits per heavy atom. The molecule has 1 rings (SSSR count). The standard InChI is InChI=1S/C14H22N2O3/c1-5-19-13(17)16-12-8-6-11(7-9-12)15-10(2)14(3,4)18/h6-10,15,18H,5H2,1-4H3,(H,16,17). The van der Waals surface area contributed by atoms with Crippen LogP contribution in [0.15, 0.2) is 24.3 Å². The van der Waals surface area contributed by atoms with Gasteiger partial charge in [-0.05, 0) is 52.0 Å². The van der Waals surface area contributed by atoms with Crippen LogP contribution in [0.3, 0.4) is 0 Å². The summed E-state index contributed by atoms with van der Waals surface area (Å²) in [6, 6.07) is 7.14. The van der Waals surface area contributed by atoms with Crippen LogP contribution in [0.5, 0.6) is 0 Å². The molecule has 5 heteroatoms. The van der Waals surface area contributed by atoms with Gasteiger partial charge in [-0.3, -0.25) is 5.32 Å². The number of hydrogen-bond acceptors (Lipinski definition) is 4. The predicted octanol–water partition coefficient (Wildman–Crippen LogP) is 2.83. The molecule has 0 fully saturated rings. The number of aliphatic hydroxyl groups is 1. The number of benzene rings is 1. The summed E-state index contributed by atoms with van der Waals surface area (Å²) in [5.41, 5.74) is 0.742. The lowest BCUT2D eigenvalue weighted by molar-refractivity contribution is 0.0649. The van der Waals surface area contributed by atoms with Crippen molar-refractivity contribution < 1.29 is 14.6 Å². The fourth-order valence-corrected chi connectivity index (χ4v) is 1.36. The van der Waals surface area contributed by atoms with Gasteiger partial charge in [0.05, 0.1) is 18.2 Å². The summed E-state index contributed by atoms with van der Waals surface area (Å²) in [6.45, 7) is 7.51. The molecule has 1 atom stereocenters. The molecule has 3 N–H and O–H groups in total. The first kappa shape index (κ1) is 15.3. The van der Waals surface area contributed by atoms with Gasteiger partial charge >= 0.3 is 6.09 Å². The van der Waals surface area contributed by atoms with Crippen LogP contribution in [0, 0.1) is 0 Å². The maximum Gasteiger partial charge on any atom is 0.411 e. The highest BCUT2D eigenvalue weighted by Gasteiger charge is 2.21. The van der Waals surface area contributed by atoms with Crippen molar-refractivity contribution in [2.24, 2.45) is 0 Å². The number of ether oxygens (including phenoxy) is 1. The highest BCUT2D eigenvalue weighted by Crippen LogP contribution is 2.18. The number of hydrogen-bond donors (Lipinski definition) is 3. The molecule has 106 valence electrons. The van der Waals surface area contributed by atoms with Gasteiger partial charge in [0.2, 0.25) is 0 Å². The SMILES string of the molecule is CCOC(=O)Nc1ccc(NC(C)C(C)(C)O)cc1. The van der Waals surface area contributed by atoms with Gasteiger partial charge in [-0.25, -0.2) is 4.79 Å². The minimum atomic E-state index is -0.804. The monoisotopic (exact) mass is 266 g/mol. The van der Waals surface area contributed by atoms with E-state index in [0.717, 1.165) is 5.69 Å². The van der Waals surface area contributed by atoms with Gasteiger partial charge in [0.15, 0.2) is 0 Å². The summed E-state index contributed by atoms with van der Waals surface area (Å²) in [7, 11) is 0. The van der Waals surface area contributed by atoms with Gasteiger partial charge in [-0.2, -0.15) is 0 Å². The van der Waals surface area contributed by atoms with Crippen LogP contribution in [-0.4, -0.2) is 29.4 Å². The second-order valence-corrected chi connectivity index (χ2v) is 4.94. The van der Waals surface area contributed by atoms with Crippen LogP contribution in [0.2, 0.25) is 0 Å². The Morgan fingerprint density at radius 2 is 1.84 bits per heavy atom. The molecule has 0 spiro atoms. The van der Waals surface area contributed by atoms with Crippen LogP contribution >= 0.6 is 0 Å². The van der Waals surface area contributed by atoms with E-state index in [2.05, 4.69) is 10.6 Å². The highest BCUT2D eigenvalue weighted by molar-refractivity contribution is 5.84. The molecule has 5 nitrogen and oxygen atoms in total. The third-order valence-corrected chi connectivity index (χ3v) is 2.85. The van der Waals surface area contributed by atoms with Crippen molar-refractivity contribution >= 4 is 17.5 Å². The molecule has 0 aromatic heterocycles. The maximum absolute atomic E-state index is 11.2. The van der Waals surface area contributed by atoms with Gasteiger partial charge in [-0.1, -0.05) is 0 Å². The van der Waals surface area contributed by atoms with Crippen molar-refractivity contribution in [2.45, 2.75) is 39.3 Å². The molecule has 19 heavy (non-hydrogen) atoms. The van der Waals surface area contributed by atoms with Gasteiger partial charge in [0.25, 0.3) is 0 Å². The van der Waals surface area contributed by atoms with Crippen molar-refractivity contribution in [3.63, 3.8) is 0 Å². The number of amides is 1. The molecule has 0 aliphatic rings. The minimum absolute atomic E-state index is 0.0867. The molecule has 0 saturated heterocycles. The van der Waals surface area contributed by atoms with Crippen molar-refractivity contribution in [1.29, 1.82) is 0 Å². The van der Waals surface area contributed by atoms with Crippen molar-refractivity contribution in [1.82, 2.24) is 0 Å². The van der Waals surface area contributed by atoms with E-state index in [1.54, 1.807) is 32.9 Å². The Balaban J connectivity index is 2.59. The average Bonchev–Trinajstić information content (AvgIpc) is 2.30. The Kier molecular flexibility index (Phi) is 5.18. The Morgan fingerprint density at radius 3 is 2.32 bits per heavy atom. The third-order valence-electron chi connectivity index (χ3n) is 2.85. The van der Waals surface area contributed by atoms with E-state index in [4.69, 9.17) is 4.74 Å². The summed E-state index contributed by atoms with van der Waals surface area (Å²) in [4.78, 5) is 11.2. The molecular formula is C14H22N2O3. The number of rotatable bonds is 5. The molecule has 0 aliphatic heterocycles. The van der Waals surface area contributed by atoms with E-state index < -0.39 is 11.7 Å². The highest BCUT2D eigenvalue weighted by atomic mass is 16.5. The number of anilines is 2. The predicted molar refractivity (Wildman–Crippen MR) is 76.5 cm³/mol. The minimum Gasteiger partial charge on any atom is -0.450 e. The number of carbonyl (C=O) groups excluding carboxylic acids is 1. The second kappa shape index (κ2) is 6.43. The lowest BCUT2D eigenvalue weighted by Crippen LogP contribution is -2.39. The number of nitrogens with one attached hydrogen (secondary N) is 2. The van der Waals surface area contributed by atoms with Gasteiger partial charge in [0, 0.05) is 11.4 Å². The van der Waals surface area contributed by atoms with E-state index in [1.165, 1.54) is 0 Å². The Bertz CT molecular complexity index is 410. The zero-order chi connectivity index (χ0) is 14.5. The first-order valence-corrected chi connectivity index (χ1v) is 6.35. The second-order valence-electron chi connectivity index (χ2n) is 4.94. The molecule has 0 radical (unpaired) electrons. The molecule has 1 amide bonds. The van der Waals surface area contributed by atoms with Crippen LogP contribution < -0.4 is 10.6 Å². The van der Waals surface area contributed by atoms with Crippen molar-refractivity contribution in [2.75, 3.05) is 17.2 Å². The van der Waals surface area contributed by atoms with Crippen molar-refractivity contribution in [3.05, 3.63) is 24.3 Å². The van der Waals surface area contributed by atoms with Gasteiger partial charge in [-0.15, -0.1) is 0 Å². The maximum atomic E-state index is 11.2. The largest absolute Gasteiger partial charge is 0.450 e. The van der Waals surface area contributed by atoms with Crippen LogP contribution in [-0.2, 0) is 4.74 Å². The Hall–Kier alpha value is -1.75. The third kappa shape index (κ3) is 5.18. The topological polar surface area (TPSA) is 70.6 Å². The lowest BCUT2D eigenvalue weighted by atomic mass is 10.0. The zero-order valence-electron chi connectivity index (χ0n) is 11.9. The Labute approximate surface area is 114 Å². The van der Waals surface area contributed by atoms with E-state index in [0.29, 0.717) is 12.3 Å². The van der Waals surface area contributed by atoms with Crippen LogP contribution in [0.4, 0.5) is 16.2 Å². The summed E-state index contributed by atoms with van der Waals surface area (Å²) in [6.07, 6.45) is -0.465. The summed E-state index contributed by atoms with van der Waals surface area (Å²) in [5, 5.41) is 15.7. The zero-order valence-corrected chi connectivity index (χ0v) is 11.9. The summed E-state index contributed by atoms with van der Waals surface area (Å²) < 4.78 is 4.79. The fraction of sp³-hybridized carbons (Fsp3) is 0.500. The van der Waals surface area contributed by atoms with E-state index >= 15 is 0 Å². The molecule has 1 aromatic rings. The van der Waals surface area contributed by atoms with Crippen molar-refractivity contribution in [3.8, 4) is 0 Å². The van der Waals surface area contributed by atoms with E-state index in [-0.39, 0.29) is 6.04 Å². The molecule has 0 heterocycles.